The molecular weight excluding hydrogens is 347 g/mol. The van der Waals surface area contributed by atoms with Gasteiger partial charge in [-0.3, -0.25) is 9.74 Å². The Morgan fingerprint density at radius 1 is 1.28 bits per heavy atom. The molecule has 2 aromatic rings. The Labute approximate surface area is 147 Å². The fourth-order valence-electron chi connectivity index (χ4n) is 2.77. The zero-order valence-corrected chi connectivity index (χ0v) is 14.1. The average Bonchev–Trinajstić information content (AvgIpc) is 2.65. The van der Waals surface area contributed by atoms with Crippen molar-refractivity contribution in [2.24, 2.45) is 5.41 Å². The Morgan fingerprint density at radius 2 is 2.00 bits per heavy atom. The lowest BCUT2D eigenvalue weighted by Crippen LogP contribution is -2.61. The van der Waals surface area contributed by atoms with Crippen LogP contribution in [0.1, 0.15) is 13.3 Å². The first-order valence-electron chi connectivity index (χ1n) is 7.64. The van der Waals surface area contributed by atoms with Crippen LogP contribution >= 0.6 is 11.9 Å². The number of nitrogens with zero attached hydrogens (tertiary/aromatic N) is 1. The molecule has 1 atom stereocenters. The second kappa shape index (κ2) is 6.72. The highest BCUT2D eigenvalue weighted by molar-refractivity contribution is 7.98. The number of hydrogen-bond donors (Lipinski definition) is 1. The summed E-state index contributed by atoms with van der Waals surface area (Å²) in [5.41, 5.74) is -1.76. The van der Waals surface area contributed by atoms with Gasteiger partial charge in [0.15, 0.2) is 5.41 Å². The molecule has 1 aliphatic rings. The predicted molar refractivity (Wildman–Crippen MR) is 90.0 cm³/mol. The molecule has 8 heteroatoms. The number of benzene rings is 2. The standard InChI is InChI=1S/C17H15FN2O4S/c1-2-17(15(22)24-18)10-19-16(23)20(14(17)21)25-13-9-5-7-11-6-3-4-8-12(11)13/h3-9H,2,10H2,1H3,(H,19,23). The summed E-state index contributed by atoms with van der Waals surface area (Å²) in [6.07, 6.45) is 0.00145. The maximum Gasteiger partial charge on any atom is 0.366 e. The molecule has 1 fully saturated rings. The van der Waals surface area contributed by atoms with E-state index in [0.717, 1.165) is 27.0 Å². The van der Waals surface area contributed by atoms with Gasteiger partial charge in [-0.25, -0.2) is 9.59 Å². The second-order valence-corrected chi connectivity index (χ2v) is 6.61. The van der Waals surface area contributed by atoms with Crippen LogP contribution in [0.5, 0.6) is 0 Å². The molecule has 0 aromatic heterocycles. The molecule has 3 amide bonds. The first-order valence-corrected chi connectivity index (χ1v) is 8.42. The van der Waals surface area contributed by atoms with E-state index in [0.29, 0.717) is 4.90 Å². The number of rotatable bonds is 4. The molecule has 1 unspecified atom stereocenters. The van der Waals surface area contributed by atoms with Gasteiger partial charge in [0.2, 0.25) is 0 Å². The molecule has 3 rings (SSSR count). The molecule has 1 N–H and O–H groups in total. The molecule has 0 radical (unpaired) electrons. The lowest BCUT2D eigenvalue weighted by atomic mass is 9.83. The van der Waals surface area contributed by atoms with Crippen LogP contribution in [-0.4, -0.2) is 28.8 Å². The molecule has 0 spiro atoms. The number of halogens is 1. The van der Waals surface area contributed by atoms with Crippen LogP contribution in [0, 0.1) is 5.41 Å². The van der Waals surface area contributed by atoms with E-state index in [4.69, 9.17) is 0 Å². The fourth-order valence-corrected chi connectivity index (χ4v) is 3.80. The normalized spacial score (nSPS) is 20.5. The fraction of sp³-hybridized carbons (Fsp3) is 0.235. The number of amides is 3. The van der Waals surface area contributed by atoms with Crippen molar-refractivity contribution in [3.63, 3.8) is 0 Å². The molecule has 0 bridgehead atoms. The van der Waals surface area contributed by atoms with E-state index in [-0.39, 0.29) is 13.0 Å². The topological polar surface area (TPSA) is 75.7 Å². The number of nitrogens with one attached hydrogen (secondary N) is 1. The molecule has 130 valence electrons. The van der Waals surface area contributed by atoms with E-state index in [1.54, 1.807) is 19.1 Å². The third kappa shape index (κ3) is 2.82. The third-order valence-electron chi connectivity index (χ3n) is 4.32. The van der Waals surface area contributed by atoms with E-state index in [1.165, 1.54) is 0 Å². The third-order valence-corrected chi connectivity index (χ3v) is 5.39. The van der Waals surface area contributed by atoms with Crippen molar-refractivity contribution in [1.29, 1.82) is 0 Å². The largest absolute Gasteiger partial charge is 0.366 e. The van der Waals surface area contributed by atoms with Gasteiger partial charge >= 0.3 is 12.0 Å². The number of fused-ring (bicyclic) bond motifs is 1. The van der Waals surface area contributed by atoms with Gasteiger partial charge in [-0.05, 0) is 23.3 Å². The van der Waals surface area contributed by atoms with E-state index in [2.05, 4.69) is 10.3 Å². The number of carbonyl (C=O) groups excluding carboxylic acids is 3. The molecule has 6 nitrogen and oxygen atoms in total. The van der Waals surface area contributed by atoms with Gasteiger partial charge in [0, 0.05) is 27.9 Å². The first kappa shape index (κ1) is 17.2. The Balaban J connectivity index is 1.98. The van der Waals surface area contributed by atoms with Gasteiger partial charge in [0.25, 0.3) is 5.91 Å². The van der Waals surface area contributed by atoms with Crippen molar-refractivity contribution in [3.05, 3.63) is 42.5 Å². The maximum atomic E-state index is 12.8. The van der Waals surface area contributed by atoms with Crippen LogP contribution in [0.2, 0.25) is 0 Å². The van der Waals surface area contributed by atoms with Crippen LogP contribution in [0.3, 0.4) is 0 Å². The molecule has 1 saturated heterocycles. The minimum Gasteiger partial charge on any atom is -0.335 e. The minimum atomic E-state index is -1.76. The molecule has 0 saturated carbocycles. The van der Waals surface area contributed by atoms with Gasteiger partial charge in [-0.1, -0.05) is 43.3 Å². The zero-order chi connectivity index (χ0) is 18.0. The van der Waals surface area contributed by atoms with Gasteiger partial charge in [-0.2, -0.15) is 4.31 Å². The smallest absolute Gasteiger partial charge is 0.335 e. The summed E-state index contributed by atoms with van der Waals surface area (Å²) in [6, 6.07) is 12.3. The quantitative estimate of drug-likeness (QED) is 0.668. The van der Waals surface area contributed by atoms with Crippen molar-refractivity contribution in [2.45, 2.75) is 18.2 Å². The lowest BCUT2D eigenvalue weighted by molar-refractivity contribution is -0.198. The summed E-state index contributed by atoms with van der Waals surface area (Å²) >= 11 is 0.897. The highest BCUT2D eigenvalue weighted by Crippen LogP contribution is 2.37. The van der Waals surface area contributed by atoms with E-state index in [9.17, 15) is 18.9 Å². The predicted octanol–water partition coefficient (Wildman–Crippen LogP) is 3.22. The van der Waals surface area contributed by atoms with Crippen LogP contribution in [-0.2, 0) is 14.5 Å². The Morgan fingerprint density at radius 3 is 2.72 bits per heavy atom. The molecular formula is C17H15FN2O4S. The summed E-state index contributed by atoms with van der Waals surface area (Å²) in [5.74, 6) is -2.09. The highest BCUT2D eigenvalue weighted by Gasteiger charge is 2.54. The molecule has 1 aliphatic heterocycles. The van der Waals surface area contributed by atoms with E-state index >= 15 is 0 Å². The van der Waals surface area contributed by atoms with Crippen molar-refractivity contribution in [1.82, 2.24) is 9.62 Å². The highest BCUT2D eigenvalue weighted by atomic mass is 32.2. The van der Waals surface area contributed by atoms with Crippen molar-refractivity contribution >= 4 is 40.6 Å². The Kier molecular flexibility index (Phi) is 4.63. The number of imide groups is 1. The molecule has 0 aliphatic carbocycles. The van der Waals surface area contributed by atoms with Crippen LogP contribution in [0.4, 0.5) is 9.32 Å². The van der Waals surface area contributed by atoms with Crippen LogP contribution in [0.25, 0.3) is 10.8 Å². The summed E-state index contributed by atoms with van der Waals surface area (Å²) in [6.45, 7) is 1.27. The first-order chi connectivity index (χ1) is 12.0. The summed E-state index contributed by atoms with van der Waals surface area (Å²) < 4.78 is 13.3. The van der Waals surface area contributed by atoms with Crippen molar-refractivity contribution < 1.29 is 23.9 Å². The van der Waals surface area contributed by atoms with Gasteiger partial charge in [0.1, 0.15) is 0 Å². The van der Waals surface area contributed by atoms with Crippen molar-refractivity contribution in [3.8, 4) is 0 Å². The number of urea groups is 1. The maximum absolute atomic E-state index is 12.8. The summed E-state index contributed by atoms with van der Waals surface area (Å²) in [7, 11) is 0. The Bertz CT molecular complexity index is 854. The lowest BCUT2D eigenvalue weighted by Gasteiger charge is -2.36. The van der Waals surface area contributed by atoms with Gasteiger partial charge < -0.3 is 5.32 Å². The average molecular weight is 362 g/mol. The second-order valence-electron chi connectivity index (χ2n) is 5.63. The van der Waals surface area contributed by atoms with Crippen LogP contribution in [0.15, 0.2) is 47.4 Å². The van der Waals surface area contributed by atoms with Crippen LogP contribution < -0.4 is 5.32 Å². The van der Waals surface area contributed by atoms with Crippen molar-refractivity contribution in [2.75, 3.05) is 6.54 Å². The van der Waals surface area contributed by atoms with E-state index in [1.807, 2.05) is 30.3 Å². The van der Waals surface area contributed by atoms with Gasteiger partial charge in [0.05, 0.1) is 0 Å². The number of hydrogen-bond acceptors (Lipinski definition) is 5. The van der Waals surface area contributed by atoms with E-state index < -0.39 is 23.3 Å². The zero-order valence-electron chi connectivity index (χ0n) is 13.3. The summed E-state index contributed by atoms with van der Waals surface area (Å²) in [5, 5.41) is 4.27. The molecule has 2 aromatic carbocycles. The van der Waals surface area contributed by atoms with Gasteiger partial charge in [-0.15, -0.1) is 0 Å². The minimum absolute atomic E-state index is 0.00145. The SMILES string of the molecule is CCC1(C(=O)OF)CNC(=O)N(Sc2cccc3ccccc23)C1=O. The summed E-state index contributed by atoms with van der Waals surface area (Å²) in [4.78, 5) is 40.8. The molecule has 1 heterocycles. The Hall–Kier alpha value is -2.61. The molecule has 25 heavy (non-hydrogen) atoms. The monoisotopic (exact) mass is 362 g/mol. The number of carbonyl (C=O) groups is 3.